The van der Waals surface area contributed by atoms with Gasteiger partial charge in [0.05, 0.1) is 12.0 Å². The molecule has 0 aromatic carbocycles. The van der Waals surface area contributed by atoms with Crippen LogP contribution in [0.4, 0.5) is 5.69 Å². The smallest absolute Gasteiger partial charge is 0.360 e. The molecule has 0 spiro atoms. The van der Waals surface area contributed by atoms with E-state index in [-0.39, 0.29) is 23.4 Å². The van der Waals surface area contributed by atoms with Crippen LogP contribution in [0.3, 0.4) is 0 Å². The van der Waals surface area contributed by atoms with Crippen LogP contribution in [0.2, 0.25) is 0 Å². The average Bonchev–Trinajstić information content (AvgIpc) is 2.99. The highest BCUT2D eigenvalue weighted by atomic mass is 16.4. The van der Waals surface area contributed by atoms with E-state index in [1.807, 2.05) is 0 Å². The summed E-state index contributed by atoms with van der Waals surface area (Å²) >= 11 is 0. The van der Waals surface area contributed by atoms with Crippen molar-refractivity contribution < 1.29 is 18.8 Å². The minimum absolute atomic E-state index is 0.0174. The van der Waals surface area contributed by atoms with Crippen LogP contribution >= 0.6 is 0 Å². The Morgan fingerprint density at radius 1 is 1.25 bits per heavy atom. The first-order valence-corrected chi connectivity index (χ1v) is 8.26. The van der Waals surface area contributed by atoms with Gasteiger partial charge in [-0.15, -0.1) is 0 Å². The molecule has 3 rings (SSSR count). The van der Waals surface area contributed by atoms with Crippen LogP contribution in [0.15, 0.2) is 9.21 Å². The molecule has 1 aromatic heterocycles. The van der Waals surface area contributed by atoms with Crippen molar-refractivity contribution in [2.24, 2.45) is 5.92 Å². The van der Waals surface area contributed by atoms with Gasteiger partial charge in [0.15, 0.2) is 0 Å². The Morgan fingerprint density at radius 3 is 2.62 bits per heavy atom. The second-order valence-electron chi connectivity index (χ2n) is 6.47. The van der Waals surface area contributed by atoms with Crippen LogP contribution in [-0.2, 0) is 22.4 Å². The molecule has 0 atom stereocenters. The summed E-state index contributed by atoms with van der Waals surface area (Å²) in [6, 6.07) is 0. The van der Waals surface area contributed by atoms with E-state index in [4.69, 9.17) is 4.42 Å². The Bertz CT molecular complexity index is 759. The molecule has 2 aliphatic rings. The molecule has 24 heavy (non-hydrogen) atoms. The SMILES string of the molecule is CC(=O)Nc1c(CCC2CCCC2)c2c(oc1=O)CC(=O)NC2=O. The standard InChI is InChI=1S/C17H20N2O5/c1-9(20)18-15-11(7-6-10-4-2-3-5-10)14-12(24-17(15)23)8-13(21)19-16(14)22/h10H,2-8H2,1H3,(H,18,20)(H,19,21,22). The minimum Gasteiger partial charge on any atom is -0.425 e. The molecule has 2 N–H and O–H groups in total. The van der Waals surface area contributed by atoms with E-state index < -0.39 is 23.3 Å². The number of fused-ring (bicyclic) bond motifs is 1. The van der Waals surface area contributed by atoms with Gasteiger partial charge in [-0.2, -0.15) is 0 Å². The average molecular weight is 332 g/mol. The third-order valence-electron chi connectivity index (χ3n) is 4.68. The van der Waals surface area contributed by atoms with Gasteiger partial charge in [-0.3, -0.25) is 19.7 Å². The van der Waals surface area contributed by atoms with E-state index in [1.54, 1.807) is 0 Å². The molecule has 128 valence electrons. The molecular weight excluding hydrogens is 312 g/mol. The van der Waals surface area contributed by atoms with Gasteiger partial charge in [-0.25, -0.2) is 4.79 Å². The fourth-order valence-electron chi connectivity index (χ4n) is 3.60. The molecule has 7 heteroatoms. The lowest BCUT2D eigenvalue weighted by Crippen LogP contribution is -2.39. The predicted octanol–water partition coefficient (Wildman–Crippen LogP) is 1.53. The predicted molar refractivity (Wildman–Crippen MR) is 85.7 cm³/mol. The van der Waals surface area contributed by atoms with Crippen molar-refractivity contribution in [2.45, 2.75) is 51.9 Å². The lowest BCUT2D eigenvalue weighted by molar-refractivity contribution is -0.120. The lowest BCUT2D eigenvalue weighted by Gasteiger charge is -2.20. The number of anilines is 1. The van der Waals surface area contributed by atoms with Crippen LogP contribution in [0.5, 0.6) is 0 Å². The fraction of sp³-hybridized carbons (Fsp3) is 0.529. The highest BCUT2D eigenvalue weighted by Gasteiger charge is 2.31. The number of carbonyl (C=O) groups excluding carboxylic acids is 3. The van der Waals surface area contributed by atoms with Gasteiger partial charge in [0.1, 0.15) is 11.4 Å². The minimum atomic E-state index is -0.715. The number of imide groups is 1. The van der Waals surface area contributed by atoms with E-state index >= 15 is 0 Å². The number of hydrogen-bond acceptors (Lipinski definition) is 5. The maximum absolute atomic E-state index is 12.3. The van der Waals surface area contributed by atoms with Gasteiger partial charge in [0.25, 0.3) is 5.91 Å². The summed E-state index contributed by atoms with van der Waals surface area (Å²) in [4.78, 5) is 47.4. The Balaban J connectivity index is 2.03. The second kappa shape index (κ2) is 6.59. The molecule has 1 aromatic rings. The summed E-state index contributed by atoms with van der Waals surface area (Å²) in [6.07, 6.45) is 5.88. The van der Waals surface area contributed by atoms with Gasteiger partial charge in [-0.05, 0) is 24.3 Å². The monoisotopic (exact) mass is 332 g/mol. The summed E-state index contributed by atoms with van der Waals surface area (Å²) in [5.74, 6) is -0.824. The number of amides is 3. The summed E-state index contributed by atoms with van der Waals surface area (Å²) < 4.78 is 5.13. The number of hydrogen-bond donors (Lipinski definition) is 2. The largest absolute Gasteiger partial charge is 0.425 e. The summed E-state index contributed by atoms with van der Waals surface area (Å²) in [6.45, 7) is 1.29. The third-order valence-corrected chi connectivity index (χ3v) is 4.68. The van der Waals surface area contributed by atoms with Crippen molar-refractivity contribution in [2.75, 3.05) is 5.32 Å². The van der Waals surface area contributed by atoms with Gasteiger partial charge < -0.3 is 9.73 Å². The van der Waals surface area contributed by atoms with Gasteiger partial charge in [0, 0.05) is 6.92 Å². The van der Waals surface area contributed by atoms with Crippen LogP contribution in [0.25, 0.3) is 0 Å². The van der Waals surface area contributed by atoms with Crippen molar-refractivity contribution in [3.8, 4) is 0 Å². The maximum atomic E-state index is 12.3. The molecule has 1 aliphatic heterocycles. The molecule has 7 nitrogen and oxygen atoms in total. The Morgan fingerprint density at radius 2 is 1.96 bits per heavy atom. The first-order valence-electron chi connectivity index (χ1n) is 8.26. The Hall–Kier alpha value is -2.44. The van der Waals surface area contributed by atoms with E-state index in [0.717, 1.165) is 19.3 Å². The van der Waals surface area contributed by atoms with Crippen LogP contribution in [-0.4, -0.2) is 17.7 Å². The normalized spacial score (nSPS) is 17.5. The van der Waals surface area contributed by atoms with Crippen molar-refractivity contribution >= 4 is 23.4 Å². The molecule has 0 radical (unpaired) electrons. The number of carbonyl (C=O) groups is 3. The van der Waals surface area contributed by atoms with E-state index in [0.29, 0.717) is 17.9 Å². The molecule has 3 amide bonds. The molecule has 1 aliphatic carbocycles. The van der Waals surface area contributed by atoms with Crippen molar-refractivity contribution in [3.05, 3.63) is 27.3 Å². The van der Waals surface area contributed by atoms with E-state index in [1.165, 1.54) is 19.8 Å². The third kappa shape index (κ3) is 3.25. The van der Waals surface area contributed by atoms with Gasteiger partial charge in [0.2, 0.25) is 11.8 Å². The van der Waals surface area contributed by atoms with E-state index in [9.17, 15) is 19.2 Å². The highest BCUT2D eigenvalue weighted by molar-refractivity contribution is 6.10. The lowest BCUT2D eigenvalue weighted by atomic mass is 9.92. The zero-order valence-electron chi connectivity index (χ0n) is 13.6. The first kappa shape index (κ1) is 16.4. The summed E-state index contributed by atoms with van der Waals surface area (Å²) in [7, 11) is 0. The highest BCUT2D eigenvalue weighted by Crippen LogP contribution is 2.31. The second-order valence-corrected chi connectivity index (χ2v) is 6.47. The summed E-state index contributed by atoms with van der Waals surface area (Å²) in [5.41, 5.74) is 0.000847. The van der Waals surface area contributed by atoms with Crippen LogP contribution in [0, 0.1) is 5.92 Å². The number of nitrogens with one attached hydrogen (secondary N) is 2. The van der Waals surface area contributed by atoms with Crippen LogP contribution < -0.4 is 16.3 Å². The molecular formula is C17H20N2O5. The zero-order chi connectivity index (χ0) is 17.3. The van der Waals surface area contributed by atoms with E-state index in [2.05, 4.69) is 10.6 Å². The van der Waals surface area contributed by atoms with Crippen molar-refractivity contribution in [1.29, 1.82) is 0 Å². The fourth-order valence-corrected chi connectivity index (χ4v) is 3.60. The molecule has 0 unspecified atom stereocenters. The Kier molecular flexibility index (Phi) is 4.51. The Labute approximate surface area is 138 Å². The molecule has 0 bridgehead atoms. The first-order chi connectivity index (χ1) is 11.5. The maximum Gasteiger partial charge on any atom is 0.360 e. The van der Waals surface area contributed by atoms with Gasteiger partial charge in [-0.1, -0.05) is 25.7 Å². The van der Waals surface area contributed by atoms with Crippen molar-refractivity contribution in [1.82, 2.24) is 5.32 Å². The number of rotatable bonds is 4. The van der Waals surface area contributed by atoms with Crippen LogP contribution in [0.1, 0.15) is 60.7 Å². The summed E-state index contributed by atoms with van der Waals surface area (Å²) in [5, 5.41) is 4.74. The topological polar surface area (TPSA) is 105 Å². The van der Waals surface area contributed by atoms with Gasteiger partial charge >= 0.3 is 5.63 Å². The quantitative estimate of drug-likeness (QED) is 0.814. The molecule has 1 fully saturated rings. The molecule has 0 saturated heterocycles. The molecule has 2 heterocycles. The molecule has 1 saturated carbocycles. The van der Waals surface area contributed by atoms with Crippen molar-refractivity contribution in [3.63, 3.8) is 0 Å². The zero-order valence-corrected chi connectivity index (χ0v) is 13.6.